The van der Waals surface area contributed by atoms with E-state index in [0.29, 0.717) is 29.7 Å². The quantitative estimate of drug-likeness (QED) is 0.236. The first-order chi connectivity index (χ1) is 22.8. The second-order valence-electron chi connectivity index (χ2n) is 16.3. The number of hydrogen-bond acceptors (Lipinski definition) is 8. The number of aliphatic hydroxyl groups excluding tert-OH is 1. The van der Waals surface area contributed by atoms with Crippen molar-refractivity contribution in [2.24, 2.45) is 35.0 Å². The van der Waals surface area contributed by atoms with E-state index in [0.717, 1.165) is 44.1 Å². The zero-order valence-corrected chi connectivity index (χ0v) is 30.3. The standard InChI is InChI=1S/C38H62N4O6/c1-25-31-18-30(38(31,3)4)19-32(25)39-37(46)36-35(26(2)43)33(23-47-24-34(44)45)48-42(36)22-29-14-10-13-28(17-29)21-41(16-15-40(5)6)20-27-11-8-7-9-12-27/h10,13-14,17,25-27,30-33,35-36,43H,7-9,11-12,15-16,18-24H2,1-6H3,(H,39,46)(H,44,45)/t25-,26-,30+,31-,32-,33-,35+,36-/m0/s1. The monoisotopic (exact) mass is 670 g/mol. The summed E-state index contributed by atoms with van der Waals surface area (Å²) in [6.45, 7) is 12.5. The van der Waals surface area contributed by atoms with Gasteiger partial charge in [-0.2, -0.15) is 5.06 Å². The topological polar surface area (TPSA) is 115 Å². The summed E-state index contributed by atoms with van der Waals surface area (Å²) in [5.74, 6) is 0.511. The molecule has 0 spiro atoms. The minimum absolute atomic E-state index is 0.0254. The fourth-order valence-corrected chi connectivity index (χ4v) is 9.31. The fraction of sp³-hybridized carbons (Fsp3) is 0.789. The van der Waals surface area contributed by atoms with Crippen LogP contribution in [0.4, 0.5) is 0 Å². The third-order valence-corrected chi connectivity index (χ3v) is 12.2. The molecule has 8 atom stereocenters. The smallest absolute Gasteiger partial charge is 0.329 e. The number of aliphatic carboxylic acids is 1. The Morgan fingerprint density at radius 3 is 2.50 bits per heavy atom. The van der Waals surface area contributed by atoms with Crippen LogP contribution in [-0.2, 0) is 32.3 Å². The first-order valence-corrected chi connectivity index (χ1v) is 18.5. The average Bonchev–Trinajstić information content (AvgIpc) is 3.39. The number of hydrogen-bond donors (Lipinski definition) is 3. The van der Waals surface area contributed by atoms with Gasteiger partial charge in [-0.3, -0.25) is 14.5 Å². The maximum absolute atomic E-state index is 14.2. The number of nitrogens with one attached hydrogen (secondary N) is 1. The fourth-order valence-electron chi connectivity index (χ4n) is 9.31. The van der Waals surface area contributed by atoms with E-state index in [4.69, 9.17) is 14.7 Å². The highest BCUT2D eigenvalue weighted by Gasteiger charge is 2.57. The highest BCUT2D eigenvalue weighted by molar-refractivity contribution is 5.82. The molecule has 5 fully saturated rings. The lowest BCUT2D eigenvalue weighted by atomic mass is 9.45. The van der Waals surface area contributed by atoms with E-state index < -0.39 is 36.7 Å². The summed E-state index contributed by atoms with van der Waals surface area (Å²) in [5.41, 5.74) is 2.57. The lowest BCUT2D eigenvalue weighted by Gasteiger charge is -2.62. The van der Waals surface area contributed by atoms with E-state index >= 15 is 0 Å². The molecule has 1 amide bonds. The van der Waals surface area contributed by atoms with E-state index in [1.165, 1.54) is 44.1 Å². The molecule has 10 heteroatoms. The van der Waals surface area contributed by atoms with Crippen molar-refractivity contribution in [1.29, 1.82) is 0 Å². The molecule has 5 aliphatic rings. The second kappa shape index (κ2) is 16.3. The van der Waals surface area contributed by atoms with Crippen LogP contribution in [-0.4, -0.2) is 108 Å². The summed E-state index contributed by atoms with van der Waals surface area (Å²) in [6.07, 6.45) is 7.32. The Bertz CT molecular complexity index is 1220. The van der Waals surface area contributed by atoms with Crippen LogP contribution < -0.4 is 5.32 Å². The Morgan fingerprint density at radius 1 is 1.12 bits per heavy atom. The minimum atomic E-state index is -1.07. The van der Waals surface area contributed by atoms with Crippen molar-refractivity contribution in [3.8, 4) is 0 Å². The van der Waals surface area contributed by atoms with Crippen molar-refractivity contribution in [3.05, 3.63) is 35.4 Å². The molecule has 10 nitrogen and oxygen atoms in total. The number of aliphatic hydroxyl groups is 1. The number of carbonyl (C=O) groups excluding carboxylic acids is 1. The van der Waals surface area contributed by atoms with Crippen LogP contribution >= 0.6 is 0 Å². The molecule has 3 N–H and O–H groups in total. The number of amides is 1. The number of carboxylic acid groups (broad SMARTS) is 1. The summed E-state index contributed by atoms with van der Waals surface area (Å²) < 4.78 is 5.46. The van der Waals surface area contributed by atoms with Crippen molar-refractivity contribution in [2.75, 3.05) is 46.9 Å². The van der Waals surface area contributed by atoms with Gasteiger partial charge >= 0.3 is 5.97 Å². The van der Waals surface area contributed by atoms with Gasteiger partial charge in [-0.15, -0.1) is 0 Å². The van der Waals surface area contributed by atoms with Crippen molar-refractivity contribution in [2.45, 2.75) is 110 Å². The maximum Gasteiger partial charge on any atom is 0.329 e. The van der Waals surface area contributed by atoms with Crippen LogP contribution in [0.2, 0.25) is 0 Å². The van der Waals surface area contributed by atoms with Gasteiger partial charge in [0.05, 0.1) is 19.3 Å². The first-order valence-electron chi connectivity index (χ1n) is 18.5. The number of rotatable bonds is 16. The van der Waals surface area contributed by atoms with Gasteiger partial charge in [-0.25, -0.2) is 4.79 Å². The van der Waals surface area contributed by atoms with Crippen LogP contribution in [0.3, 0.4) is 0 Å². The molecule has 1 saturated heterocycles. The van der Waals surface area contributed by atoms with E-state index in [1.54, 1.807) is 12.0 Å². The summed E-state index contributed by atoms with van der Waals surface area (Å²) in [4.78, 5) is 36.7. The second-order valence-corrected chi connectivity index (χ2v) is 16.3. The predicted molar refractivity (Wildman–Crippen MR) is 186 cm³/mol. The van der Waals surface area contributed by atoms with Crippen molar-refractivity contribution in [1.82, 2.24) is 20.2 Å². The van der Waals surface area contributed by atoms with Gasteiger partial charge in [0, 0.05) is 38.1 Å². The van der Waals surface area contributed by atoms with Crippen LogP contribution in [0.1, 0.15) is 83.8 Å². The van der Waals surface area contributed by atoms with E-state index in [1.807, 2.05) is 0 Å². The first kappa shape index (κ1) is 37.2. The van der Waals surface area contributed by atoms with Gasteiger partial charge in [0.1, 0.15) is 18.8 Å². The summed E-state index contributed by atoms with van der Waals surface area (Å²) in [5, 5.41) is 25.3. The zero-order chi connectivity index (χ0) is 34.6. The highest BCUT2D eigenvalue weighted by atomic mass is 16.7. The third-order valence-electron chi connectivity index (χ3n) is 12.2. The van der Waals surface area contributed by atoms with Crippen LogP contribution in [0.25, 0.3) is 0 Å². The number of carbonyl (C=O) groups is 2. The number of benzene rings is 1. The van der Waals surface area contributed by atoms with Gasteiger partial charge in [0.2, 0.25) is 5.91 Å². The van der Waals surface area contributed by atoms with Crippen molar-refractivity contribution in [3.63, 3.8) is 0 Å². The number of fused-ring (bicyclic) bond motifs is 2. The van der Waals surface area contributed by atoms with Gasteiger partial charge in [-0.1, -0.05) is 64.3 Å². The molecule has 2 bridgehead atoms. The predicted octanol–water partition coefficient (Wildman–Crippen LogP) is 4.40. The molecule has 1 aromatic rings. The van der Waals surface area contributed by atoms with Gasteiger partial charge in [0.25, 0.3) is 0 Å². The van der Waals surface area contributed by atoms with Crippen molar-refractivity contribution >= 4 is 11.9 Å². The summed E-state index contributed by atoms with van der Waals surface area (Å²) in [7, 11) is 4.25. The lowest BCUT2D eigenvalue weighted by molar-refractivity contribution is -0.187. The molecule has 0 unspecified atom stereocenters. The Hall–Kier alpha value is -2.08. The van der Waals surface area contributed by atoms with Gasteiger partial charge in [0.15, 0.2) is 0 Å². The number of hydroxylamine groups is 2. The van der Waals surface area contributed by atoms with Gasteiger partial charge in [-0.05, 0) is 86.9 Å². The Kier molecular flexibility index (Phi) is 12.6. The van der Waals surface area contributed by atoms with E-state index in [2.05, 4.69) is 74.2 Å². The minimum Gasteiger partial charge on any atom is -0.480 e. The van der Waals surface area contributed by atoms with Crippen molar-refractivity contribution < 1.29 is 29.4 Å². The molecule has 4 aliphatic carbocycles. The van der Waals surface area contributed by atoms with Crippen LogP contribution in [0.15, 0.2) is 24.3 Å². The third kappa shape index (κ3) is 8.98. The summed E-state index contributed by atoms with van der Waals surface area (Å²) >= 11 is 0. The lowest BCUT2D eigenvalue weighted by Crippen LogP contribution is -2.62. The molecule has 1 aromatic carbocycles. The van der Waals surface area contributed by atoms with E-state index in [9.17, 15) is 14.7 Å². The number of ether oxygens (including phenoxy) is 1. The number of carboxylic acids is 1. The maximum atomic E-state index is 14.2. The molecule has 0 aromatic heterocycles. The zero-order valence-electron chi connectivity index (χ0n) is 30.3. The molecule has 1 heterocycles. The SMILES string of the molecule is C[C@@H]1[C@@H](NC(=O)[C@@H]2[C@H]([C@H](C)O)[C@H](COCC(=O)O)ON2Cc2cccc(CN(CCN(C)C)CC3CCCCC3)c2)C[C@H]2C[C@@H]1C2(C)C. The number of nitrogens with zero attached hydrogens (tertiary/aromatic N) is 3. The van der Waals surface area contributed by atoms with Crippen LogP contribution in [0.5, 0.6) is 0 Å². The average molecular weight is 671 g/mol. The molecule has 0 radical (unpaired) electrons. The Morgan fingerprint density at radius 2 is 1.85 bits per heavy atom. The Labute approximate surface area is 288 Å². The molecular weight excluding hydrogens is 608 g/mol. The van der Waals surface area contributed by atoms with Crippen LogP contribution in [0, 0.1) is 35.0 Å². The Balaban J connectivity index is 1.32. The largest absolute Gasteiger partial charge is 0.480 e. The highest BCUT2D eigenvalue weighted by Crippen LogP contribution is 2.61. The molecule has 48 heavy (non-hydrogen) atoms. The molecule has 6 rings (SSSR count). The summed E-state index contributed by atoms with van der Waals surface area (Å²) in [6, 6.07) is 7.88. The molecule has 4 saturated carbocycles. The van der Waals surface area contributed by atoms with Gasteiger partial charge < -0.3 is 25.2 Å². The van der Waals surface area contributed by atoms with E-state index in [-0.39, 0.29) is 18.6 Å². The molecule has 1 aliphatic heterocycles. The number of likely N-dealkylation sites (N-methyl/N-ethyl adjacent to an activating group) is 1. The molecular formula is C38H62N4O6. The normalized spacial score (nSPS) is 31.1. The molecule has 270 valence electrons.